The van der Waals surface area contributed by atoms with Crippen molar-refractivity contribution in [2.75, 3.05) is 20.2 Å². The van der Waals surface area contributed by atoms with E-state index in [2.05, 4.69) is 10.3 Å². The number of benzene rings is 1. The van der Waals surface area contributed by atoms with Gasteiger partial charge >= 0.3 is 0 Å². The molecule has 1 amide bonds. The minimum absolute atomic E-state index is 0.0530. The molecule has 0 unspecified atom stereocenters. The monoisotopic (exact) mass is 302 g/mol. The lowest BCUT2D eigenvalue weighted by atomic mass is 10.0. The van der Waals surface area contributed by atoms with Crippen LogP contribution in [0.2, 0.25) is 0 Å². The number of aromatic nitrogens is 3. The summed E-state index contributed by atoms with van der Waals surface area (Å²) in [5.41, 5.74) is 0.306. The molecule has 0 saturated carbocycles. The molecule has 1 aromatic carbocycles. The van der Waals surface area contributed by atoms with Crippen molar-refractivity contribution in [3.8, 4) is 11.5 Å². The number of hydrogen-bond acceptors (Lipinski definition) is 5. The van der Waals surface area contributed by atoms with E-state index in [4.69, 9.17) is 4.74 Å². The Kier molecular flexibility index (Phi) is 3.95. The van der Waals surface area contributed by atoms with Crippen molar-refractivity contribution in [2.24, 2.45) is 0 Å². The van der Waals surface area contributed by atoms with Crippen LogP contribution in [-0.4, -0.2) is 51.1 Å². The summed E-state index contributed by atoms with van der Waals surface area (Å²) in [5.74, 6) is 0.318. The number of piperidine rings is 1. The molecule has 0 atom stereocenters. The quantitative estimate of drug-likeness (QED) is 0.928. The third kappa shape index (κ3) is 2.74. The molecule has 1 aliphatic rings. The van der Waals surface area contributed by atoms with Gasteiger partial charge in [-0.15, -0.1) is 5.10 Å². The van der Waals surface area contributed by atoms with Crippen LogP contribution in [0.1, 0.15) is 29.2 Å². The van der Waals surface area contributed by atoms with Gasteiger partial charge in [0.25, 0.3) is 5.91 Å². The summed E-state index contributed by atoms with van der Waals surface area (Å²) in [4.78, 5) is 14.3. The number of phenols is 1. The van der Waals surface area contributed by atoms with Crippen LogP contribution in [0.5, 0.6) is 11.5 Å². The summed E-state index contributed by atoms with van der Waals surface area (Å²) in [7, 11) is 1.52. The fraction of sp³-hybridized carbons (Fsp3) is 0.400. The van der Waals surface area contributed by atoms with Crippen molar-refractivity contribution in [3.05, 3.63) is 36.2 Å². The van der Waals surface area contributed by atoms with E-state index in [-0.39, 0.29) is 17.7 Å². The predicted molar refractivity (Wildman–Crippen MR) is 78.9 cm³/mol. The number of hydrogen-bond donors (Lipinski definition) is 1. The average Bonchev–Trinajstić information content (AvgIpc) is 3.08. The van der Waals surface area contributed by atoms with E-state index in [1.54, 1.807) is 23.2 Å². The van der Waals surface area contributed by atoms with E-state index >= 15 is 0 Å². The van der Waals surface area contributed by atoms with Gasteiger partial charge in [-0.1, -0.05) is 5.21 Å². The first kappa shape index (κ1) is 14.4. The molecule has 0 bridgehead atoms. The normalized spacial score (nSPS) is 15.8. The lowest BCUT2D eigenvalue weighted by molar-refractivity contribution is 0.0686. The molecule has 3 rings (SSSR count). The molecule has 22 heavy (non-hydrogen) atoms. The highest BCUT2D eigenvalue weighted by Gasteiger charge is 2.26. The van der Waals surface area contributed by atoms with Crippen LogP contribution in [0.4, 0.5) is 0 Å². The maximum absolute atomic E-state index is 12.5. The van der Waals surface area contributed by atoms with E-state index in [1.165, 1.54) is 13.2 Å². The first-order valence-electron chi connectivity index (χ1n) is 7.21. The highest BCUT2D eigenvalue weighted by atomic mass is 16.5. The molecule has 116 valence electrons. The Balaban J connectivity index is 1.67. The second kappa shape index (κ2) is 6.05. The van der Waals surface area contributed by atoms with Crippen molar-refractivity contribution >= 4 is 5.91 Å². The van der Waals surface area contributed by atoms with Crippen LogP contribution in [-0.2, 0) is 0 Å². The predicted octanol–water partition coefficient (Wildman–Crippen LogP) is 1.47. The zero-order valence-corrected chi connectivity index (χ0v) is 12.3. The number of aromatic hydroxyl groups is 1. The molecule has 1 saturated heterocycles. The molecular weight excluding hydrogens is 284 g/mol. The molecule has 0 aliphatic carbocycles. The van der Waals surface area contributed by atoms with Gasteiger partial charge in [0.1, 0.15) is 11.5 Å². The Morgan fingerprint density at radius 2 is 2.14 bits per heavy atom. The van der Waals surface area contributed by atoms with Gasteiger partial charge in [-0.25, -0.2) is 4.68 Å². The van der Waals surface area contributed by atoms with Crippen LogP contribution in [0.15, 0.2) is 30.6 Å². The molecule has 2 aromatic rings. The summed E-state index contributed by atoms with van der Waals surface area (Å²) in [6.45, 7) is 1.27. The topological polar surface area (TPSA) is 80.5 Å². The molecule has 0 radical (unpaired) electrons. The number of ether oxygens (including phenoxy) is 1. The lowest BCUT2D eigenvalue weighted by Gasteiger charge is -2.32. The zero-order valence-electron chi connectivity index (χ0n) is 12.3. The molecule has 7 nitrogen and oxygen atoms in total. The lowest BCUT2D eigenvalue weighted by Crippen LogP contribution is -2.39. The number of nitrogens with zero attached hydrogens (tertiary/aromatic N) is 4. The average molecular weight is 302 g/mol. The Hall–Kier alpha value is -2.57. The Bertz CT molecular complexity index is 649. The van der Waals surface area contributed by atoms with Crippen molar-refractivity contribution in [1.82, 2.24) is 19.9 Å². The Morgan fingerprint density at radius 3 is 2.73 bits per heavy atom. The molecule has 1 N–H and O–H groups in total. The van der Waals surface area contributed by atoms with Gasteiger partial charge in [0.2, 0.25) is 0 Å². The third-order valence-electron chi connectivity index (χ3n) is 4.00. The third-order valence-corrected chi connectivity index (χ3v) is 4.00. The number of methoxy groups -OCH3 is 1. The SMILES string of the molecule is COc1ccc(C(=O)N2CCC(n3ccnn3)CC2)c(O)c1. The minimum Gasteiger partial charge on any atom is -0.507 e. The van der Waals surface area contributed by atoms with Gasteiger partial charge in [0, 0.05) is 25.4 Å². The first-order valence-corrected chi connectivity index (χ1v) is 7.21. The zero-order chi connectivity index (χ0) is 15.5. The Morgan fingerprint density at radius 1 is 1.36 bits per heavy atom. The number of likely N-dealkylation sites (tertiary alicyclic amines) is 1. The van der Waals surface area contributed by atoms with Gasteiger partial charge in [-0.3, -0.25) is 4.79 Å². The number of rotatable bonds is 3. The minimum atomic E-state index is -0.155. The number of phenolic OH excluding ortho intramolecular Hbond substituents is 1. The van der Waals surface area contributed by atoms with Crippen LogP contribution >= 0.6 is 0 Å². The van der Waals surface area contributed by atoms with E-state index in [9.17, 15) is 9.90 Å². The summed E-state index contributed by atoms with van der Waals surface area (Å²) in [6, 6.07) is 5.00. The fourth-order valence-electron chi connectivity index (χ4n) is 2.74. The van der Waals surface area contributed by atoms with E-state index in [0.717, 1.165) is 12.8 Å². The summed E-state index contributed by atoms with van der Waals surface area (Å²) in [5, 5.41) is 17.8. The summed E-state index contributed by atoms with van der Waals surface area (Å²) >= 11 is 0. The van der Waals surface area contributed by atoms with Crippen molar-refractivity contribution < 1.29 is 14.6 Å². The summed E-state index contributed by atoms with van der Waals surface area (Å²) < 4.78 is 6.87. The molecule has 1 aliphatic heterocycles. The largest absolute Gasteiger partial charge is 0.507 e. The van der Waals surface area contributed by atoms with Crippen molar-refractivity contribution in [3.63, 3.8) is 0 Å². The van der Waals surface area contributed by atoms with E-state index < -0.39 is 0 Å². The van der Waals surface area contributed by atoms with Gasteiger partial charge in [0.15, 0.2) is 0 Å². The highest BCUT2D eigenvalue weighted by molar-refractivity contribution is 5.97. The van der Waals surface area contributed by atoms with Gasteiger partial charge in [0.05, 0.1) is 24.9 Å². The van der Waals surface area contributed by atoms with Gasteiger partial charge in [-0.2, -0.15) is 0 Å². The van der Waals surface area contributed by atoms with E-state index in [1.807, 2.05) is 10.9 Å². The first-order chi connectivity index (χ1) is 10.7. The second-order valence-corrected chi connectivity index (χ2v) is 5.29. The van der Waals surface area contributed by atoms with Crippen molar-refractivity contribution in [1.29, 1.82) is 0 Å². The molecule has 1 fully saturated rings. The molecule has 2 heterocycles. The number of amides is 1. The molecular formula is C15H18N4O3. The van der Waals surface area contributed by atoms with Crippen LogP contribution in [0, 0.1) is 0 Å². The molecule has 1 aromatic heterocycles. The molecule has 0 spiro atoms. The number of carbonyl (C=O) groups excluding carboxylic acids is 1. The smallest absolute Gasteiger partial charge is 0.257 e. The molecule has 7 heteroatoms. The van der Waals surface area contributed by atoms with Crippen molar-refractivity contribution in [2.45, 2.75) is 18.9 Å². The second-order valence-electron chi connectivity index (χ2n) is 5.29. The van der Waals surface area contributed by atoms with Crippen LogP contribution in [0.25, 0.3) is 0 Å². The number of carbonyl (C=O) groups is 1. The Labute approximate surface area is 128 Å². The van der Waals surface area contributed by atoms with Gasteiger partial charge in [-0.05, 0) is 25.0 Å². The fourth-order valence-corrected chi connectivity index (χ4v) is 2.74. The maximum Gasteiger partial charge on any atom is 0.257 e. The maximum atomic E-state index is 12.5. The van der Waals surface area contributed by atoms with Crippen LogP contribution < -0.4 is 4.74 Å². The van der Waals surface area contributed by atoms with Gasteiger partial charge < -0.3 is 14.7 Å². The summed E-state index contributed by atoms with van der Waals surface area (Å²) in [6.07, 6.45) is 5.16. The van der Waals surface area contributed by atoms with Crippen LogP contribution in [0.3, 0.4) is 0 Å². The van der Waals surface area contributed by atoms with E-state index in [0.29, 0.717) is 24.4 Å². The standard InChI is InChI=1S/C15H18N4O3/c1-22-12-2-3-13(14(20)10-12)15(21)18-7-4-11(5-8-18)19-9-6-16-17-19/h2-3,6,9-11,20H,4-5,7-8H2,1H3. The highest BCUT2D eigenvalue weighted by Crippen LogP contribution is 2.27.